The van der Waals surface area contributed by atoms with Crippen molar-refractivity contribution in [3.05, 3.63) is 29.1 Å². The minimum atomic E-state index is -1.36. The van der Waals surface area contributed by atoms with E-state index >= 15 is 0 Å². The van der Waals surface area contributed by atoms with Crippen LogP contribution in [0.1, 0.15) is 38.3 Å². The number of carboxylic acid groups (broad SMARTS) is 1. The normalized spacial score (nSPS) is 26.5. The van der Waals surface area contributed by atoms with Crippen LogP contribution in [0.15, 0.2) is 12.1 Å². The predicted molar refractivity (Wildman–Crippen MR) is 105 cm³/mol. The number of hydrogen-bond donors (Lipinski definition) is 3. The lowest BCUT2D eigenvalue weighted by molar-refractivity contribution is -0.132. The van der Waals surface area contributed by atoms with Crippen molar-refractivity contribution in [3.8, 4) is 0 Å². The van der Waals surface area contributed by atoms with Gasteiger partial charge < -0.3 is 20.3 Å². The summed E-state index contributed by atoms with van der Waals surface area (Å²) in [5.41, 5.74) is -0.456. The van der Waals surface area contributed by atoms with Crippen molar-refractivity contribution in [3.63, 3.8) is 0 Å². The second-order valence-electron chi connectivity index (χ2n) is 9.07. The zero-order chi connectivity index (χ0) is 21.6. The van der Waals surface area contributed by atoms with Crippen molar-refractivity contribution in [2.24, 2.45) is 11.3 Å². The molecule has 8 heteroatoms. The number of benzene rings is 1. The summed E-state index contributed by atoms with van der Waals surface area (Å²) in [6.45, 7) is 5.52. The molecule has 0 aromatic heterocycles. The van der Waals surface area contributed by atoms with Crippen LogP contribution in [-0.2, 0) is 22.4 Å². The van der Waals surface area contributed by atoms with E-state index in [2.05, 4.69) is 5.32 Å². The highest BCUT2D eigenvalue weighted by Crippen LogP contribution is 2.45. The lowest BCUT2D eigenvalue weighted by atomic mass is 9.70. The van der Waals surface area contributed by atoms with Crippen molar-refractivity contribution in [2.75, 3.05) is 25.6 Å². The summed E-state index contributed by atoms with van der Waals surface area (Å²) in [4.78, 5) is 26.6. The Morgan fingerprint density at radius 3 is 2.59 bits per heavy atom. The monoisotopic (exact) mass is 408 g/mol. The van der Waals surface area contributed by atoms with Gasteiger partial charge in [0.25, 0.3) is 5.91 Å². The number of carbonyl (C=O) groups excluding carboxylic acids is 1. The standard InChI is InChI=1S/C21H29FN2O5/c1-20(2,3)21(9-15(29-4)10-24(21)19(27)28)18(26)23-14-7-13-5-12(11-25)6-16(13)17(22)8-14/h7-8,12,15,25H,5-6,9-11H2,1-4H3,(H,23,26)(H,27,28)/t12?,15-,21-/m1/s1. The molecule has 2 amide bonds. The molecule has 1 saturated heterocycles. The van der Waals surface area contributed by atoms with Crippen LogP contribution < -0.4 is 5.32 Å². The number of anilines is 1. The van der Waals surface area contributed by atoms with Gasteiger partial charge in [-0.1, -0.05) is 20.8 Å². The molecule has 0 spiro atoms. The minimum absolute atomic E-state index is 0.0189. The maximum Gasteiger partial charge on any atom is 0.408 e. The number of amides is 2. The lowest BCUT2D eigenvalue weighted by Gasteiger charge is -2.45. The van der Waals surface area contributed by atoms with Gasteiger partial charge in [-0.25, -0.2) is 9.18 Å². The molecule has 1 aromatic rings. The molecule has 0 bridgehead atoms. The summed E-state index contributed by atoms with van der Waals surface area (Å²) in [6, 6.07) is 2.98. The smallest absolute Gasteiger partial charge is 0.408 e. The van der Waals surface area contributed by atoms with E-state index < -0.39 is 34.9 Å². The van der Waals surface area contributed by atoms with E-state index in [-0.39, 0.29) is 25.5 Å². The SMILES string of the molecule is CO[C@H]1CN(C(=O)O)[C@](C(=O)Nc2cc(F)c3c(c2)CC(CO)C3)(C(C)(C)C)C1. The summed E-state index contributed by atoms with van der Waals surface area (Å²) in [5.74, 6) is -0.941. The molecule has 1 heterocycles. The Balaban J connectivity index is 1.95. The molecule has 7 nitrogen and oxygen atoms in total. The molecular formula is C21H29FN2O5. The van der Waals surface area contributed by atoms with Gasteiger partial charge in [0.2, 0.25) is 0 Å². The molecule has 3 atom stereocenters. The first-order chi connectivity index (χ1) is 13.5. The molecule has 1 aliphatic carbocycles. The van der Waals surface area contributed by atoms with E-state index in [0.29, 0.717) is 24.1 Å². The third-order valence-corrected chi connectivity index (χ3v) is 6.36. The number of halogens is 1. The third kappa shape index (κ3) is 3.59. The van der Waals surface area contributed by atoms with Crippen molar-refractivity contribution in [1.82, 2.24) is 4.90 Å². The summed E-state index contributed by atoms with van der Waals surface area (Å²) in [7, 11) is 1.49. The van der Waals surface area contributed by atoms with Gasteiger partial charge in [0.15, 0.2) is 0 Å². The van der Waals surface area contributed by atoms with Gasteiger partial charge in [-0.05, 0) is 47.4 Å². The first-order valence-electron chi connectivity index (χ1n) is 9.80. The minimum Gasteiger partial charge on any atom is -0.465 e. The molecule has 1 aromatic carbocycles. The van der Waals surface area contributed by atoms with Crippen molar-refractivity contribution in [2.45, 2.75) is 51.7 Å². The van der Waals surface area contributed by atoms with Crippen LogP contribution in [0.3, 0.4) is 0 Å². The number of nitrogens with zero attached hydrogens (tertiary/aromatic N) is 1. The number of rotatable bonds is 4. The van der Waals surface area contributed by atoms with E-state index in [1.165, 1.54) is 13.2 Å². The third-order valence-electron chi connectivity index (χ3n) is 6.36. The molecule has 29 heavy (non-hydrogen) atoms. The van der Waals surface area contributed by atoms with E-state index in [4.69, 9.17) is 4.74 Å². The molecule has 1 fully saturated rings. The zero-order valence-electron chi connectivity index (χ0n) is 17.3. The molecule has 3 rings (SSSR count). The van der Waals surface area contributed by atoms with Gasteiger partial charge in [-0.2, -0.15) is 0 Å². The second-order valence-corrected chi connectivity index (χ2v) is 9.07. The fourth-order valence-corrected chi connectivity index (χ4v) is 4.74. The molecule has 3 N–H and O–H groups in total. The first kappa shape index (κ1) is 21.5. The first-order valence-corrected chi connectivity index (χ1v) is 9.80. The Labute approximate surface area is 169 Å². The fraction of sp³-hybridized carbons (Fsp3) is 0.619. The van der Waals surface area contributed by atoms with Crippen LogP contribution in [0.4, 0.5) is 14.9 Å². The fourth-order valence-electron chi connectivity index (χ4n) is 4.74. The lowest BCUT2D eigenvalue weighted by Crippen LogP contribution is -2.62. The van der Waals surface area contributed by atoms with Gasteiger partial charge >= 0.3 is 6.09 Å². The summed E-state index contributed by atoms with van der Waals surface area (Å²) >= 11 is 0. The number of carbonyl (C=O) groups is 2. The van der Waals surface area contributed by atoms with Crippen molar-refractivity contribution < 1.29 is 28.9 Å². The molecule has 160 valence electrons. The Bertz CT molecular complexity index is 822. The number of methoxy groups -OCH3 is 1. The Kier molecular flexibility index (Phi) is 5.62. The number of likely N-dealkylation sites (tertiary alicyclic amines) is 1. The maximum absolute atomic E-state index is 14.6. The molecule has 2 aliphatic rings. The van der Waals surface area contributed by atoms with E-state index in [9.17, 15) is 24.2 Å². The Hall–Kier alpha value is -2.19. The van der Waals surface area contributed by atoms with Gasteiger partial charge in [-0.3, -0.25) is 9.69 Å². The predicted octanol–water partition coefficient (Wildman–Crippen LogP) is 2.65. The molecule has 1 unspecified atom stereocenters. The second kappa shape index (κ2) is 7.57. The number of hydrogen-bond acceptors (Lipinski definition) is 4. The van der Waals surface area contributed by atoms with Crippen LogP contribution in [0.25, 0.3) is 0 Å². The van der Waals surface area contributed by atoms with Crippen LogP contribution in [0.5, 0.6) is 0 Å². The summed E-state index contributed by atoms with van der Waals surface area (Å²) in [6.07, 6.45) is -0.367. The highest BCUT2D eigenvalue weighted by molar-refractivity contribution is 6.01. The number of aliphatic hydroxyl groups excluding tert-OH is 1. The van der Waals surface area contributed by atoms with Gasteiger partial charge in [-0.15, -0.1) is 0 Å². The highest BCUT2D eigenvalue weighted by Gasteiger charge is 2.60. The zero-order valence-corrected chi connectivity index (χ0v) is 17.3. The van der Waals surface area contributed by atoms with Gasteiger partial charge in [0.1, 0.15) is 11.4 Å². The maximum atomic E-state index is 14.6. The van der Waals surface area contributed by atoms with E-state index in [1.54, 1.807) is 6.07 Å². The van der Waals surface area contributed by atoms with Crippen molar-refractivity contribution >= 4 is 17.7 Å². The number of nitrogens with one attached hydrogen (secondary N) is 1. The van der Waals surface area contributed by atoms with E-state index in [1.807, 2.05) is 20.8 Å². The molecule has 0 radical (unpaired) electrons. The summed E-state index contributed by atoms with van der Waals surface area (Å²) < 4.78 is 20.0. The van der Waals surface area contributed by atoms with Crippen LogP contribution >= 0.6 is 0 Å². The Morgan fingerprint density at radius 1 is 1.34 bits per heavy atom. The number of aliphatic hydroxyl groups is 1. The molecule has 1 aliphatic heterocycles. The average Bonchev–Trinajstić information content (AvgIpc) is 3.23. The quantitative estimate of drug-likeness (QED) is 0.711. The Morgan fingerprint density at radius 2 is 2.03 bits per heavy atom. The topological polar surface area (TPSA) is 99.1 Å². The number of ether oxygens (including phenoxy) is 1. The van der Waals surface area contributed by atoms with Gasteiger partial charge in [0, 0.05) is 25.8 Å². The largest absolute Gasteiger partial charge is 0.465 e. The van der Waals surface area contributed by atoms with Crippen LogP contribution in [0, 0.1) is 17.2 Å². The highest BCUT2D eigenvalue weighted by atomic mass is 19.1. The summed E-state index contributed by atoms with van der Waals surface area (Å²) in [5, 5.41) is 21.9. The average molecular weight is 408 g/mol. The van der Waals surface area contributed by atoms with Crippen LogP contribution in [0.2, 0.25) is 0 Å². The number of fused-ring (bicyclic) bond motifs is 1. The molecule has 0 saturated carbocycles. The van der Waals surface area contributed by atoms with Crippen molar-refractivity contribution in [1.29, 1.82) is 0 Å². The molecular weight excluding hydrogens is 379 g/mol. The van der Waals surface area contributed by atoms with E-state index in [0.717, 1.165) is 10.5 Å². The van der Waals surface area contributed by atoms with Gasteiger partial charge in [0.05, 0.1) is 12.6 Å². The van der Waals surface area contributed by atoms with Crippen LogP contribution in [-0.4, -0.2) is 59.0 Å².